The third-order valence-electron chi connectivity index (χ3n) is 3.09. The summed E-state index contributed by atoms with van der Waals surface area (Å²) >= 11 is 1.44. The first kappa shape index (κ1) is 16.5. The molecule has 1 aromatic rings. The van der Waals surface area contributed by atoms with E-state index in [0.29, 0.717) is 18.7 Å². The van der Waals surface area contributed by atoms with Gasteiger partial charge in [0, 0.05) is 12.2 Å². The van der Waals surface area contributed by atoms with Gasteiger partial charge in [-0.05, 0) is 44.2 Å². The van der Waals surface area contributed by atoms with Crippen LogP contribution in [0.15, 0.2) is 5.03 Å². The van der Waals surface area contributed by atoms with Gasteiger partial charge in [0.15, 0.2) is 0 Å². The molecule has 0 aliphatic carbocycles. The number of hydrogen-bond acceptors (Lipinski definition) is 5. The third kappa shape index (κ3) is 3.95. The van der Waals surface area contributed by atoms with Gasteiger partial charge in [-0.3, -0.25) is 4.79 Å². The number of nitrogens with one attached hydrogen (secondary N) is 1. The maximum Gasteiger partial charge on any atom is 0.224 e. The van der Waals surface area contributed by atoms with Gasteiger partial charge >= 0.3 is 0 Å². The Morgan fingerprint density at radius 3 is 2.75 bits per heavy atom. The summed E-state index contributed by atoms with van der Waals surface area (Å²) in [5, 5.41) is 12.8. The van der Waals surface area contributed by atoms with E-state index < -0.39 is 0 Å². The molecule has 0 saturated carbocycles. The molecular formula is C14H20N4OS. The highest BCUT2D eigenvalue weighted by Gasteiger charge is 2.16. The lowest BCUT2D eigenvalue weighted by Gasteiger charge is -2.13. The molecule has 6 heteroatoms. The zero-order valence-electron chi connectivity index (χ0n) is 12.1. The number of carbonyl (C=O) groups excluding carboxylic acids is 1. The normalized spacial score (nSPS) is 10.2. The minimum Gasteiger partial charge on any atom is -0.356 e. The molecule has 5 nitrogen and oxygen atoms in total. The Morgan fingerprint density at radius 1 is 1.50 bits per heavy atom. The number of thioether (sulfide) groups is 1. The average Bonchev–Trinajstić information content (AvgIpc) is 2.43. The Kier molecular flexibility index (Phi) is 6.49. The molecule has 0 aliphatic rings. The highest BCUT2D eigenvalue weighted by Crippen LogP contribution is 2.25. The van der Waals surface area contributed by atoms with Crippen LogP contribution in [0.2, 0.25) is 0 Å². The van der Waals surface area contributed by atoms with E-state index in [4.69, 9.17) is 5.73 Å². The average molecular weight is 292 g/mol. The van der Waals surface area contributed by atoms with E-state index in [0.717, 1.165) is 28.3 Å². The van der Waals surface area contributed by atoms with Gasteiger partial charge in [0.05, 0.1) is 12.0 Å². The van der Waals surface area contributed by atoms with Gasteiger partial charge < -0.3 is 11.1 Å². The number of aryl methyl sites for hydroxylation is 1. The van der Waals surface area contributed by atoms with Gasteiger partial charge in [0.2, 0.25) is 5.91 Å². The van der Waals surface area contributed by atoms with Crippen molar-refractivity contribution in [2.45, 2.75) is 31.7 Å². The summed E-state index contributed by atoms with van der Waals surface area (Å²) in [4.78, 5) is 16.3. The fourth-order valence-corrected chi connectivity index (χ4v) is 2.58. The lowest BCUT2D eigenvalue weighted by atomic mass is 10.0. The fourth-order valence-electron chi connectivity index (χ4n) is 1.95. The maximum atomic E-state index is 11.9. The van der Waals surface area contributed by atoms with E-state index in [2.05, 4.69) is 16.4 Å². The number of aromatic nitrogens is 1. The molecule has 1 amide bonds. The SMILES string of the molecule is CSc1nc(C)c(CC(=O)NCCCN)c(C)c1C#N. The standard InChI is InChI=1S/C14H20N4OS/c1-9-11(7-13(19)17-6-4-5-15)10(2)18-14(20-3)12(9)8-16/h4-7,15H2,1-3H3,(H,17,19). The molecule has 0 aliphatic heterocycles. The summed E-state index contributed by atoms with van der Waals surface area (Å²) in [6.07, 6.45) is 2.90. The zero-order chi connectivity index (χ0) is 15.1. The van der Waals surface area contributed by atoms with E-state index >= 15 is 0 Å². The molecule has 108 valence electrons. The Hall–Kier alpha value is -1.58. The van der Waals surface area contributed by atoms with Crippen molar-refractivity contribution >= 4 is 17.7 Å². The highest BCUT2D eigenvalue weighted by atomic mass is 32.2. The predicted molar refractivity (Wildman–Crippen MR) is 80.6 cm³/mol. The molecule has 0 radical (unpaired) electrons. The first-order valence-corrected chi connectivity index (χ1v) is 7.68. The highest BCUT2D eigenvalue weighted by molar-refractivity contribution is 7.98. The summed E-state index contributed by atoms with van der Waals surface area (Å²) in [6, 6.07) is 2.18. The largest absolute Gasteiger partial charge is 0.356 e. The van der Waals surface area contributed by atoms with Crippen LogP contribution in [0.5, 0.6) is 0 Å². The second-order valence-electron chi connectivity index (χ2n) is 4.47. The van der Waals surface area contributed by atoms with Crippen LogP contribution in [0.4, 0.5) is 0 Å². The molecule has 1 rings (SSSR count). The Balaban J connectivity index is 2.96. The number of nitriles is 1. The minimum absolute atomic E-state index is 0.0627. The van der Waals surface area contributed by atoms with Crippen molar-refractivity contribution in [3.8, 4) is 6.07 Å². The monoisotopic (exact) mass is 292 g/mol. The van der Waals surface area contributed by atoms with E-state index in [1.807, 2.05) is 20.1 Å². The van der Waals surface area contributed by atoms with Crippen LogP contribution in [-0.2, 0) is 11.2 Å². The van der Waals surface area contributed by atoms with Crippen molar-refractivity contribution in [3.63, 3.8) is 0 Å². The van der Waals surface area contributed by atoms with Gasteiger partial charge in [-0.1, -0.05) is 0 Å². The van der Waals surface area contributed by atoms with Crippen LogP contribution in [-0.4, -0.2) is 30.2 Å². The van der Waals surface area contributed by atoms with Crippen LogP contribution in [0.25, 0.3) is 0 Å². The molecule has 0 fully saturated rings. The molecule has 0 unspecified atom stereocenters. The smallest absolute Gasteiger partial charge is 0.224 e. The van der Waals surface area contributed by atoms with Gasteiger partial charge in [0.25, 0.3) is 0 Å². The Labute approximate surface area is 124 Å². The zero-order valence-corrected chi connectivity index (χ0v) is 12.9. The van der Waals surface area contributed by atoms with Crippen molar-refractivity contribution < 1.29 is 4.79 Å². The number of carbonyl (C=O) groups is 1. The molecule has 3 N–H and O–H groups in total. The summed E-state index contributed by atoms with van der Waals surface area (Å²) in [6.45, 7) is 4.88. The quantitative estimate of drug-likeness (QED) is 0.609. The Bertz CT molecular complexity index is 537. The number of hydrogen-bond donors (Lipinski definition) is 2. The first-order valence-electron chi connectivity index (χ1n) is 6.46. The summed E-state index contributed by atoms with van der Waals surface area (Å²) in [5.41, 5.74) is 8.44. The molecular weight excluding hydrogens is 272 g/mol. The van der Waals surface area contributed by atoms with Crippen LogP contribution in [0, 0.1) is 25.2 Å². The summed E-state index contributed by atoms with van der Waals surface area (Å²) < 4.78 is 0. The fraction of sp³-hybridized carbons (Fsp3) is 0.500. The van der Waals surface area contributed by atoms with E-state index in [1.165, 1.54) is 11.8 Å². The second-order valence-corrected chi connectivity index (χ2v) is 5.26. The number of nitrogens with two attached hydrogens (primary N) is 1. The van der Waals surface area contributed by atoms with Crippen LogP contribution in [0.1, 0.15) is 28.8 Å². The van der Waals surface area contributed by atoms with Crippen LogP contribution < -0.4 is 11.1 Å². The molecule has 0 atom stereocenters. The predicted octanol–water partition coefficient (Wildman–Crippen LogP) is 1.30. The first-order chi connectivity index (χ1) is 9.54. The number of nitrogens with zero attached hydrogens (tertiary/aromatic N) is 2. The van der Waals surface area contributed by atoms with Gasteiger partial charge in [-0.15, -0.1) is 11.8 Å². The lowest BCUT2D eigenvalue weighted by molar-refractivity contribution is -0.120. The number of pyridine rings is 1. The summed E-state index contributed by atoms with van der Waals surface area (Å²) in [5.74, 6) is -0.0627. The molecule has 0 aromatic carbocycles. The van der Waals surface area contributed by atoms with E-state index in [-0.39, 0.29) is 12.3 Å². The second kappa shape index (κ2) is 7.88. The topological polar surface area (TPSA) is 91.8 Å². The Morgan fingerprint density at radius 2 is 2.20 bits per heavy atom. The molecule has 1 heterocycles. The molecule has 0 spiro atoms. The van der Waals surface area contributed by atoms with Crippen LogP contribution in [0.3, 0.4) is 0 Å². The van der Waals surface area contributed by atoms with Gasteiger partial charge in [0.1, 0.15) is 11.1 Å². The minimum atomic E-state index is -0.0627. The number of amides is 1. The molecule has 0 bridgehead atoms. The van der Waals surface area contributed by atoms with Gasteiger partial charge in [-0.2, -0.15) is 5.26 Å². The van der Waals surface area contributed by atoms with Crippen molar-refractivity contribution in [2.24, 2.45) is 5.73 Å². The van der Waals surface area contributed by atoms with Crippen LogP contribution >= 0.6 is 11.8 Å². The lowest BCUT2D eigenvalue weighted by Crippen LogP contribution is -2.28. The van der Waals surface area contributed by atoms with Crippen molar-refractivity contribution in [1.82, 2.24) is 10.3 Å². The van der Waals surface area contributed by atoms with Crippen molar-refractivity contribution in [2.75, 3.05) is 19.3 Å². The molecule has 1 aromatic heterocycles. The number of rotatable bonds is 6. The van der Waals surface area contributed by atoms with E-state index in [9.17, 15) is 10.1 Å². The third-order valence-corrected chi connectivity index (χ3v) is 3.78. The molecule has 0 saturated heterocycles. The van der Waals surface area contributed by atoms with Gasteiger partial charge in [-0.25, -0.2) is 4.98 Å². The van der Waals surface area contributed by atoms with Crippen molar-refractivity contribution in [3.05, 3.63) is 22.4 Å². The summed E-state index contributed by atoms with van der Waals surface area (Å²) in [7, 11) is 0. The van der Waals surface area contributed by atoms with Crippen molar-refractivity contribution in [1.29, 1.82) is 5.26 Å². The maximum absolute atomic E-state index is 11.9. The van der Waals surface area contributed by atoms with E-state index in [1.54, 1.807) is 0 Å². The molecule has 20 heavy (non-hydrogen) atoms.